The van der Waals surface area contributed by atoms with E-state index in [-0.39, 0.29) is 34.5 Å². The van der Waals surface area contributed by atoms with Crippen LogP contribution < -0.4 is 15.6 Å². The molecule has 2 N–H and O–H groups in total. The predicted molar refractivity (Wildman–Crippen MR) is 118 cm³/mol. The number of carbonyl (C=O) groups is 1. The normalized spacial score (nSPS) is 23.6. The Morgan fingerprint density at radius 2 is 1.97 bits per heavy atom. The van der Waals surface area contributed by atoms with Crippen LogP contribution >= 0.6 is 11.8 Å². The molecule has 2 aliphatic heterocycles. The molecule has 8 heteroatoms. The fraction of sp³-hybridized carbons (Fsp3) is 0.545. The third-order valence-corrected chi connectivity index (χ3v) is 6.72. The van der Waals surface area contributed by atoms with Gasteiger partial charge in [-0.05, 0) is 58.2 Å². The Morgan fingerprint density at radius 3 is 2.63 bits per heavy atom. The maximum absolute atomic E-state index is 13.0. The number of H-pyrrole nitrogens is 1. The summed E-state index contributed by atoms with van der Waals surface area (Å²) >= 11 is 1.47. The van der Waals surface area contributed by atoms with Gasteiger partial charge >= 0.3 is 0 Å². The molecule has 1 amide bonds. The number of aromatic nitrogens is 2. The van der Waals surface area contributed by atoms with Crippen LogP contribution in [0.3, 0.4) is 0 Å². The van der Waals surface area contributed by atoms with E-state index in [1.807, 2.05) is 42.8 Å². The molecule has 0 unspecified atom stereocenters. The Balaban J connectivity index is 1.72. The summed E-state index contributed by atoms with van der Waals surface area (Å²) in [7, 11) is 0. The van der Waals surface area contributed by atoms with Gasteiger partial charge in [0.1, 0.15) is 11.6 Å². The van der Waals surface area contributed by atoms with Crippen molar-refractivity contribution in [2.24, 2.45) is 0 Å². The van der Waals surface area contributed by atoms with Crippen molar-refractivity contribution < 1.29 is 14.3 Å². The van der Waals surface area contributed by atoms with Crippen molar-refractivity contribution >= 4 is 23.5 Å². The molecule has 1 saturated heterocycles. The van der Waals surface area contributed by atoms with Gasteiger partial charge in [0, 0.05) is 6.61 Å². The van der Waals surface area contributed by atoms with Crippen molar-refractivity contribution in [3.8, 4) is 5.75 Å². The van der Waals surface area contributed by atoms with Crippen LogP contribution in [0.25, 0.3) is 0 Å². The second-order valence-corrected chi connectivity index (χ2v) is 9.90. The highest BCUT2D eigenvalue weighted by molar-refractivity contribution is 8.00. The highest BCUT2D eigenvalue weighted by atomic mass is 32.2. The summed E-state index contributed by atoms with van der Waals surface area (Å²) in [5.41, 5.74) is 1.15. The molecule has 30 heavy (non-hydrogen) atoms. The van der Waals surface area contributed by atoms with E-state index in [0.29, 0.717) is 23.7 Å². The van der Waals surface area contributed by atoms with Gasteiger partial charge in [0.05, 0.1) is 34.3 Å². The summed E-state index contributed by atoms with van der Waals surface area (Å²) in [6.45, 7) is 8.70. The maximum atomic E-state index is 13.0. The first kappa shape index (κ1) is 21.1. The van der Waals surface area contributed by atoms with Gasteiger partial charge in [0.2, 0.25) is 5.91 Å². The fourth-order valence-electron chi connectivity index (χ4n) is 4.19. The predicted octanol–water partition coefficient (Wildman–Crippen LogP) is 3.87. The Morgan fingerprint density at radius 1 is 1.23 bits per heavy atom. The minimum Gasteiger partial charge on any atom is -0.491 e. The van der Waals surface area contributed by atoms with Crippen LogP contribution in [-0.2, 0) is 9.53 Å². The number of thioether (sulfide) groups is 1. The molecule has 0 radical (unpaired) electrons. The lowest BCUT2D eigenvalue weighted by atomic mass is 9.94. The van der Waals surface area contributed by atoms with Gasteiger partial charge in [-0.25, -0.2) is 0 Å². The van der Waals surface area contributed by atoms with Gasteiger partial charge in [-0.2, -0.15) is 0 Å². The summed E-state index contributed by atoms with van der Waals surface area (Å²) in [6, 6.07) is 7.85. The average Bonchev–Trinajstić information content (AvgIpc) is 2.87. The van der Waals surface area contributed by atoms with Crippen LogP contribution in [-0.4, -0.2) is 39.8 Å². The van der Waals surface area contributed by atoms with E-state index in [0.717, 1.165) is 24.2 Å². The van der Waals surface area contributed by atoms with E-state index in [1.54, 1.807) is 0 Å². The minimum atomic E-state index is -0.272. The molecule has 2 aliphatic rings. The summed E-state index contributed by atoms with van der Waals surface area (Å²) < 4.78 is 13.4. The Bertz CT molecular complexity index is 977. The molecule has 0 spiro atoms. The summed E-state index contributed by atoms with van der Waals surface area (Å²) in [6.07, 6.45) is 1.64. The summed E-state index contributed by atoms with van der Waals surface area (Å²) in [5, 5.41) is 5.75. The van der Waals surface area contributed by atoms with Crippen LogP contribution in [0.2, 0.25) is 0 Å². The number of hydrogen-bond acceptors (Lipinski definition) is 5. The number of rotatable bonds is 4. The zero-order valence-corrected chi connectivity index (χ0v) is 18.7. The molecular weight excluding hydrogens is 402 g/mol. The number of anilines is 1. The molecule has 2 atom stereocenters. The molecule has 4 rings (SSSR count). The zero-order chi connectivity index (χ0) is 21.5. The van der Waals surface area contributed by atoms with E-state index in [9.17, 15) is 9.59 Å². The Hall–Kier alpha value is -2.19. The molecule has 1 aromatic heterocycles. The number of fused-ring (bicyclic) bond motifs is 1. The van der Waals surface area contributed by atoms with Gasteiger partial charge in [0.15, 0.2) is 0 Å². The quantitative estimate of drug-likeness (QED) is 0.768. The largest absolute Gasteiger partial charge is 0.491 e. The lowest BCUT2D eigenvalue weighted by molar-refractivity contribution is -0.113. The number of nitrogens with zero attached hydrogens (tertiary/aromatic N) is 1. The number of nitrogens with one attached hydrogen (secondary N) is 2. The molecule has 2 aromatic rings. The van der Waals surface area contributed by atoms with Crippen molar-refractivity contribution in [2.45, 2.75) is 63.5 Å². The second kappa shape index (κ2) is 8.15. The zero-order valence-electron chi connectivity index (χ0n) is 17.9. The van der Waals surface area contributed by atoms with Crippen LogP contribution in [0.15, 0.2) is 29.1 Å². The highest BCUT2D eigenvalue weighted by Crippen LogP contribution is 2.42. The number of hydrogen-bond donors (Lipinski definition) is 2. The lowest BCUT2D eigenvalue weighted by Crippen LogP contribution is -2.36. The number of carbonyl (C=O) groups excluding carboxylic acids is 1. The van der Waals surface area contributed by atoms with Crippen LogP contribution in [0, 0.1) is 0 Å². The molecule has 1 aromatic carbocycles. The molecular formula is C22H29N3O4S. The molecule has 0 saturated carbocycles. The maximum Gasteiger partial charge on any atom is 0.270 e. The van der Waals surface area contributed by atoms with Gasteiger partial charge < -0.3 is 14.8 Å². The van der Waals surface area contributed by atoms with Gasteiger partial charge in [-0.1, -0.05) is 12.1 Å². The van der Waals surface area contributed by atoms with Crippen molar-refractivity contribution in [1.82, 2.24) is 9.78 Å². The highest BCUT2D eigenvalue weighted by Gasteiger charge is 2.36. The number of aromatic amines is 1. The van der Waals surface area contributed by atoms with E-state index < -0.39 is 0 Å². The van der Waals surface area contributed by atoms with Crippen molar-refractivity contribution in [2.75, 3.05) is 17.7 Å². The Kier molecular flexibility index (Phi) is 5.72. The van der Waals surface area contributed by atoms with Crippen LogP contribution in [0.1, 0.15) is 63.0 Å². The van der Waals surface area contributed by atoms with Crippen molar-refractivity contribution in [3.05, 3.63) is 45.7 Å². The fourth-order valence-corrected chi connectivity index (χ4v) is 5.32. The first-order valence-corrected chi connectivity index (χ1v) is 11.4. The van der Waals surface area contributed by atoms with Gasteiger partial charge in [-0.3, -0.25) is 19.4 Å². The SMILES string of the molecule is CC(C)Oc1ccc([C@@H]2SCC(=O)Nc3c2c(=O)[nH]n3[C@H]2CCOC(C)(C)C2)cc1. The monoisotopic (exact) mass is 431 g/mol. The third-order valence-electron chi connectivity index (χ3n) is 5.45. The van der Waals surface area contributed by atoms with E-state index in [2.05, 4.69) is 24.3 Å². The van der Waals surface area contributed by atoms with Crippen LogP contribution in [0.5, 0.6) is 5.75 Å². The van der Waals surface area contributed by atoms with Gasteiger partial charge in [0.25, 0.3) is 5.56 Å². The second-order valence-electron chi connectivity index (χ2n) is 8.80. The summed E-state index contributed by atoms with van der Waals surface area (Å²) in [4.78, 5) is 25.5. The first-order valence-electron chi connectivity index (χ1n) is 10.4. The third kappa shape index (κ3) is 4.30. The molecule has 1 fully saturated rings. The van der Waals surface area contributed by atoms with E-state index in [1.165, 1.54) is 11.8 Å². The van der Waals surface area contributed by atoms with E-state index in [4.69, 9.17) is 9.47 Å². The minimum absolute atomic E-state index is 0.0658. The first-order chi connectivity index (χ1) is 14.2. The number of benzene rings is 1. The standard InChI is InChI=1S/C22H29N3O4S/c1-13(2)29-16-7-5-14(6-8-16)19-18-20(23-17(26)12-30-19)25(24-21(18)27)15-9-10-28-22(3,4)11-15/h5-8,13,15,19H,9-12H2,1-4H3,(H,23,26)(H,24,27)/t15-,19-/m0/s1. The summed E-state index contributed by atoms with van der Waals surface area (Å²) in [5.74, 6) is 1.58. The lowest BCUT2D eigenvalue weighted by Gasteiger charge is -2.36. The van der Waals surface area contributed by atoms with Gasteiger partial charge in [-0.15, -0.1) is 11.8 Å². The molecule has 7 nitrogen and oxygen atoms in total. The number of ether oxygens (including phenoxy) is 2. The molecule has 162 valence electrons. The molecule has 3 heterocycles. The molecule has 0 aliphatic carbocycles. The molecule has 0 bridgehead atoms. The van der Waals surface area contributed by atoms with Crippen molar-refractivity contribution in [1.29, 1.82) is 0 Å². The smallest absolute Gasteiger partial charge is 0.270 e. The number of amides is 1. The van der Waals surface area contributed by atoms with E-state index >= 15 is 0 Å². The topological polar surface area (TPSA) is 85.4 Å². The van der Waals surface area contributed by atoms with Crippen LogP contribution in [0.4, 0.5) is 5.82 Å². The Labute approximate surface area is 180 Å². The van der Waals surface area contributed by atoms with Crippen molar-refractivity contribution in [3.63, 3.8) is 0 Å². The average molecular weight is 432 g/mol.